The van der Waals surface area contributed by atoms with Crippen LogP contribution < -0.4 is 5.73 Å². The Morgan fingerprint density at radius 2 is 2.06 bits per heavy atom. The average Bonchev–Trinajstić information content (AvgIpc) is 2.74. The first-order valence-corrected chi connectivity index (χ1v) is 5.34. The molecule has 1 heterocycles. The molecule has 0 aliphatic carbocycles. The standard InChI is InChI=1S/C11H10FNOS.ClH/c12-7-3-4-9(14)8(6-7)11(13)10-2-1-5-15-10;/h1-6,11,14H,13H2;1H/t11-;/m0./s1. The molecule has 0 aliphatic rings. The van der Waals surface area contributed by atoms with Crippen LogP contribution in [0.5, 0.6) is 5.75 Å². The van der Waals surface area contributed by atoms with Crippen molar-refractivity contribution in [3.63, 3.8) is 0 Å². The average molecular weight is 260 g/mol. The summed E-state index contributed by atoms with van der Waals surface area (Å²) in [5.41, 5.74) is 6.33. The van der Waals surface area contributed by atoms with Crippen molar-refractivity contribution in [1.82, 2.24) is 0 Å². The Morgan fingerprint density at radius 1 is 1.31 bits per heavy atom. The first-order valence-electron chi connectivity index (χ1n) is 4.46. The van der Waals surface area contributed by atoms with Crippen molar-refractivity contribution in [3.05, 3.63) is 52.0 Å². The van der Waals surface area contributed by atoms with E-state index in [2.05, 4.69) is 0 Å². The van der Waals surface area contributed by atoms with Crippen LogP contribution in [0.3, 0.4) is 0 Å². The van der Waals surface area contributed by atoms with Gasteiger partial charge in [-0.05, 0) is 29.6 Å². The fourth-order valence-electron chi connectivity index (χ4n) is 1.40. The highest BCUT2D eigenvalue weighted by atomic mass is 35.5. The molecule has 1 aromatic heterocycles. The van der Waals surface area contributed by atoms with Crippen LogP contribution in [-0.4, -0.2) is 5.11 Å². The van der Waals surface area contributed by atoms with Gasteiger partial charge in [0.05, 0.1) is 6.04 Å². The highest BCUT2D eigenvalue weighted by molar-refractivity contribution is 7.10. The van der Waals surface area contributed by atoms with Crippen LogP contribution in [0.4, 0.5) is 4.39 Å². The first kappa shape index (κ1) is 13.0. The molecule has 5 heteroatoms. The molecule has 2 aromatic rings. The quantitative estimate of drug-likeness (QED) is 0.871. The van der Waals surface area contributed by atoms with Crippen LogP contribution >= 0.6 is 23.7 Å². The van der Waals surface area contributed by atoms with Gasteiger partial charge in [-0.2, -0.15) is 0 Å². The zero-order chi connectivity index (χ0) is 10.8. The molecule has 0 unspecified atom stereocenters. The van der Waals surface area contributed by atoms with Crippen molar-refractivity contribution in [2.45, 2.75) is 6.04 Å². The van der Waals surface area contributed by atoms with Crippen LogP contribution in [0.1, 0.15) is 16.5 Å². The van der Waals surface area contributed by atoms with E-state index in [0.29, 0.717) is 5.56 Å². The van der Waals surface area contributed by atoms with Crippen LogP contribution in [0.15, 0.2) is 35.7 Å². The molecule has 0 saturated carbocycles. The third kappa shape index (κ3) is 2.52. The van der Waals surface area contributed by atoms with E-state index in [9.17, 15) is 9.50 Å². The molecule has 16 heavy (non-hydrogen) atoms. The maximum Gasteiger partial charge on any atom is 0.123 e. The molecule has 0 bridgehead atoms. The van der Waals surface area contributed by atoms with Gasteiger partial charge in [0.25, 0.3) is 0 Å². The van der Waals surface area contributed by atoms with E-state index in [0.717, 1.165) is 4.88 Å². The van der Waals surface area contributed by atoms with E-state index < -0.39 is 11.9 Å². The van der Waals surface area contributed by atoms with Crippen molar-refractivity contribution in [2.24, 2.45) is 5.73 Å². The number of thiophene rings is 1. The fraction of sp³-hybridized carbons (Fsp3) is 0.0909. The summed E-state index contributed by atoms with van der Waals surface area (Å²) < 4.78 is 13.0. The molecule has 0 saturated heterocycles. The summed E-state index contributed by atoms with van der Waals surface area (Å²) in [5.74, 6) is -0.368. The van der Waals surface area contributed by atoms with E-state index in [4.69, 9.17) is 5.73 Å². The number of phenols is 1. The summed E-state index contributed by atoms with van der Waals surface area (Å²) in [6.07, 6.45) is 0. The zero-order valence-corrected chi connectivity index (χ0v) is 9.89. The summed E-state index contributed by atoms with van der Waals surface area (Å²) in [6.45, 7) is 0. The Hall–Kier alpha value is -1.10. The van der Waals surface area contributed by atoms with Crippen molar-refractivity contribution in [3.8, 4) is 5.75 Å². The van der Waals surface area contributed by atoms with E-state index in [-0.39, 0.29) is 18.2 Å². The van der Waals surface area contributed by atoms with Gasteiger partial charge in [0, 0.05) is 10.4 Å². The van der Waals surface area contributed by atoms with E-state index in [1.807, 2.05) is 17.5 Å². The predicted octanol–water partition coefficient (Wildman–Crippen LogP) is 3.06. The van der Waals surface area contributed by atoms with E-state index in [1.165, 1.54) is 29.5 Å². The van der Waals surface area contributed by atoms with Crippen molar-refractivity contribution >= 4 is 23.7 Å². The number of aromatic hydroxyl groups is 1. The van der Waals surface area contributed by atoms with Gasteiger partial charge in [0.2, 0.25) is 0 Å². The summed E-state index contributed by atoms with van der Waals surface area (Å²) in [6, 6.07) is 7.05. The summed E-state index contributed by atoms with van der Waals surface area (Å²) in [5, 5.41) is 11.5. The summed E-state index contributed by atoms with van der Waals surface area (Å²) >= 11 is 1.48. The summed E-state index contributed by atoms with van der Waals surface area (Å²) in [4.78, 5) is 0.899. The van der Waals surface area contributed by atoms with Gasteiger partial charge in [-0.25, -0.2) is 4.39 Å². The van der Waals surface area contributed by atoms with Crippen molar-refractivity contribution < 1.29 is 9.50 Å². The Labute approximate surface area is 103 Å². The van der Waals surface area contributed by atoms with Gasteiger partial charge in [-0.15, -0.1) is 23.7 Å². The molecule has 0 fully saturated rings. The first-order chi connectivity index (χ1) is 7.18. The molecule has 2 nitrogen and oxygen atoms in total. The van der Waals surface area contributed by atoms with Gasteiger partial charge < -0.3 is 10.8 Å². The van der Waals surface area contributed by atoms with Crippen LogP contribution in [0.2, 0.25) is 0 Å². The molecular formula is C11H11ClFNOS. The molecule has 2 rings (SSSR count). The van der Waals surface area contributed by atoms with Crippen molar-refractivity contribution in [2.75, 3.05) is 0 Å². The molecule has 0 radical (unpaired) electrons. The largest absolute Gasteiger partial charge is 0.508 e. The minimum Gasteiger partial charge on any atom is -0.508 e. The number of rotatable bonds is 2. The molecule has 1 atom stereocenters. The lowest BCUT2D eigenvalue weighted by Crippen LogP contribution is -2.10. The molecule has 0 amide bonds. The highest BCUT2D eigenvalue weighted by Gasteiger charge is 2.14. The lowest BCUT2D eigenvalue weighted by atomic mass is 10.1. The Morgan fingerprint density at radius 3 is 2.69 bits per heavy atom. The van der Waals surface area contributed by atoms with Gasteiger partial charge >= 0.3 is 0 Å². The molecule has 3 N–H and O–H groups in total. The SMILES string of the molecule is Cl.N[C@H](c1cccs1)c1cc(F)ccc1O. The van der Waals surface area contributed by atoms with E-state index >= 15 is 0 Å². The number of halogens is 2. The molecule has 1 aromatic carbocycles. The fourth-order valence-corrected chi connectivity index (χ4v) is 2.14. The zero-order valence-electron chi connectivity index (χ0n) is 8.26. The maximum atomic E-state index is 13.0. The van der Waals surface area contributed by atoms with Crippen LogP contribution in [0, 0.1) is 5.82 Å². The lowest BCUT2D eigenvalue weighted by molar-refractivity contribution is 0.462. The minimum atomic E-state index is -0.472. The molecule has 0 aliphatic heterocycles. The second-order valence-corrected chi connectivity index (χ2v) is 4.18. The normalized spacial score (nSPS) is 11.9. The number of phenolic OH excluding ortho intramolecular Hbond substituents is 1. The van der Waals surface area contributed by atoms with Gasteiger partial charge in [0.15, 0.2) is 0 Å². The predicted molar refractivity (Wildman–Crippen MR) is 65.7 cm³/mol. The minimum absolute atomic E-state index is 0. The maximum absolute atomic E-state index is 13.0. The van der Waals surface area contributed by atoms with Gasteiger partial charge in [0.1, 0.15) is 11.6 Å². The Kier molecular flexibility index (Phi) is 4.29. The molecule has 0 spiro atoms. The third-order valence-corrected chi connectivity index (χ3v) is 3.13. The van der Waals surface area contributed by atoms with Crippen LogP contribution in [0.25, 0.3) is 0 Å². The smallest absolute Gasteiger partial charge is 0.123 e. The number of nitrogens with two attached hydrogens (primary N) is 1. The second kappa shape index (κ2) is 5.30. The third-order valence-electron chi connectivity index (χ3n) is 2.17. The molecular weight excluding hydrogens is 249 g/mol. The molecule has 86 valence electrons. The number of hydrogen-bond acceptors (Lipinski definition) is 3. The van der Waals surface area contributed by atoms with E-state index in [1.54, 1.807) is 0 Å². The van der Waals surface area contributed by atoms with Gasteiger partial charge in [-0.3, -0.25) is 0 Å². The highest BCUT2D eigenvalue weighted by Crippen LogP contribution is 2.30. The lowest BCUT2D eigenvalue weighted by Gasteiger charge is -2.11. The summed E-state index contributed by atoms with van der Waals surface area (Å²) in [7, 11) is 0. The van der Waals surface area contributed by atoms with Gasteiger partial charge in [-0.1, -0.05) is 6.07 Å². The topological polar surface area (TPSA) is 46.2 Å². The second-order valence-electron chi connectivity index (χ2n) is 3.20. The Balaban J connectivity index is 0.00000128. The van der Waals surface area contributed by atoms with Crippen molar-refractivity contribution in [1.29, 1.82) is 0 Å². The Bertz CT molecular complexity index is 461. The monoisotopic (exact) mass is 259 g/mol. The number of benzene rings is 1. The number of hydrogen-bond donors (Lipinski definition) is 2. The van der Waals surface area contributed by atoms with Crippen LogP contribution in [-0.2, 0) is 0 Å².